The zero-order valence-electron chi connectivity index (χ0n) is 16.2. The molecule has 4 aromatic rings. The highest BCUT2D eigenvalue weighted by Gasteiger charge is 2.19. The molecule has 0 aliphatic rings. The van der Waals surface area contributed by atoms with Crippen LogP contribution >= 0.6 is 11.3 Å². The van der Waals surface area contributed by atoms with Gasteiger partial charge in [0.1, 0.15) is 5.01 Å². The molecule has 148 valence electrons. The van der Waals surface area contributed by atoms with Crippen LogP contribution in [-0.2, 0) is 6.42 Å². The summed E-state index contributed by atoms with van der Waals surface area (Å²) >= 11 is 1.43. The third-order valence-electron chi connectivity index (χ3n) is 4.80. The number of nitro groups is 1. The second-order valence-corrected chi connectivity index (χ2v) is 7.77. The van der Waals surface area contributed by atoms with Crippen LogP contribution in [0, 0.1) is 10.1 Å². The van der Waals surface area contributed by atoms with E-state index < -0.39 is 0 Å². The molecule has 0 spiro atoms. The quantitative estimate of drug-likeness (QED) is 0.163. The average Bonchev–Trinajstić information content (AvgIpc) is 3.21. The molecule has 0 atom stereocenters. The van der Waals surface area contributed by atoms with Crippen LogP contribution in [0.25, 0.3) is 21.9 Å². The van der Waals surface area contributed by atoms with E-state index in [1.165, 1.54) is 17.4 Å². The van der Waals surface area contributed by atoms with Gasteiger partial charge in [-0.2, -0.15) is 0 Å². The van der Waals surface area contributed by atoms with Crippen LogP contribution in [0.1, 0.15) is 33.4 Å². The Kier molecular flexibility index (Phi) is 5.50. The summed E-state index contributed by atoms with van der Waals surface area (Å²) in [6.45, 7) is 1.88. The van der Waals surface area contributed by atoms with Gasteiger partial charge in [0.05, 0.1) is 20.7 Å². The van der Waals surface area contributed by atoms with Crippen molar-refractivity contribution in [1.29, 1.82) is 0 Å². The number of carbonyl (C=O) groups is 1. The minimum Gasteiger partial charge on any atom is -0.288 e. The smallest absolute Gasteiger partial charge is 0.273 e. The number of aryl methyl sites for hydroxylation is 1. The van der Waals surface area contributed by atoms with Gasteiger partial charge in [0.2, 0.25) is 0 Å². The standard InChI is InChI=1S/C24H18N2O3S/c1-2-17-13-12-16(15-21(17)26(28)29)14-19(23(27)18-8-4-3-5-9-18)24-25-20-10-6-7-11-22(20)30-24/h3-15H,2H2,1H3/b19-14-. The van der Waals surface area contributed by atoms with E-state index in [4.69, 9.17) is 0 Å². The molecule has 30 heavy (non-hydrogen) atoms. The van der Waals surface area contributed by atoms with E-state index >= 15 is 0 Å². The summed E-state index contributed by atoms with van der Waals surface area (Å²) in [5, 5.41) is 12.1. The Hall–Kier alpha value is -3.64. The summed E-state index contributed by atoms with van der Waals surface area (Å²) in [6.07, 6.45) is 2.26. The SMILES string of the molecule is CCc1ccc(/C=C(/C(=O)c2ccccc2)c2nc3ccccc3s2)cc1[N+](=O)[O-]. The number of fused-ring (bicyclic) bond motifs is 1. The van der Waals surface area contributed by atoms with Gasteiger partial charge >= 0.3 is 0 Å². The van der Waals surface area contributed by atoms with E-state index in [1.807, 2.05) is 49.4 Å². The number of thiazole rings is 1. The number of carbonyl (C=O) groups excluding carboxylic acids is 1. The Labute approximate surface area is 177 Å². The first kappa shape index (κ1) is 19.7. The molecule has 0 radical (unpaired) electrons. The largest absolute Gasteiger partial charge is 0.288 e. The number of Topliss-reactive ketones (excluding diaryl/α,β-unsaturated/α-hetero) is 1. The van der Waals surface area contributed by atoms with Crippen molar-refractivity contribution in [2.75, 3.05) is 0 Å². The maximum Gasteiger partial charge on any atom is 0.273 e. The van der Waals surface area contributed by atoms with E-state index in [2.05, 4.69) is 4.98 Å². The maximum absolute atomic E-state index is 13.3. The third-order valence-corrected chi connectivity index (χ3v) is 5.87. The molecule has 0 N–H and O–H groups in total. The van der Waals surface area contributed by atoms with Gasteiger partial charge in [-0.3, -0.25) is 14.9 Å². The van der Waals surface area contributed by atoms with Crippen molar-refractivity contribution < 1.29 is 9.72 Å². The minimum absolute atomic E-state index is 0.0575. The molecule has 1 aromatic heterocycles. The topological polar surface area (TPSA) is 73.1 Å². The Morgan fingerprint density at radius 3 is 2.50 bits per heavy atom. The molecule has 3 aromatic carbocycles. The van der Waals surface area contributed by atoms with E-state index in [1.54, 1.807) is 30.3 Å². The molecular weight excluding hydrogens is 396 g/mol. The molecule has 0 saturated heterocycles. The van der Waals surface area contributed by atoms with Crippen molar-refractivity contribution in [3.63, 3.8) is 0 Å². The van der Waals surface area contributed by atoms with Crippen molar-refractivity contribution in [3.8, 4) is 0 Å². The number of para-hydroxylation sites is 1. The number of nitro benzene ring substituents is 1. The fourth-order valence-corrected chi connectivity index (χ4v) is 4.24. The molecule has 6 heteroatoms. The predicted molar refractivity (Wildman–Crippen MR) is 121 cm³/mol. The molecule has 1 heterocycles. The lowest BCUT2D eigenvalue weighted by Gasteiger charge is -2.06. The number of aromatic nitrogens is 1. The number of ketones is 1. The molecular formula is C24H18N2O3S. The van der Waals surface area contributed by atoms with Crippen LogP contribution in [0.15, 0.2) is 72.8 Å². The normalized spacial score (nSPS) is 11.6. The number of benzene rings is 3. The fraction of sp³-hybridized carbons (Fsp3) is 0.0833. The van der Waals surface area contributed by atoms with E-state index in [0.29, 0.717) is 33.7 Å². The zero-order valence-corrected chi connectivity index (χ0v) is 17.1. The summed E-state index contributed by atoms with van der Waals surface area (Å²) in [5.74, 6) is -0.170. The van der Waals surface area contributed by atoms with Gasteiger partial charge in [-0.1, -0.05) is 61.5 Å². The third kappa shape index (κ3) is 3.90. The Morgan fingerprint density at radius 1 is 1.07 bits per heavy atom. The van der Waals surface area contributed by atoms with Gasteiger partial charge in [0.15, 0.2) is 5.78 Å². The number of nitrogens with zero attached hydrogens (tertiary/aromatic N) is 2. The molecule has 5 nitrogen and oxygen atoms in total. The van der Waals surface area contributed by atoms with E-state index in [0.717, 1.165) is 10.2 Å². The molecule has 0 bridgehead atoms. The van der Waals surface area contributed by atoms with Gasteiger partial charge in [-0.05, 0) is 30.2 Å². The van der Waals surface area contributed by atoms with Crippen LogP contribution in [0.5, 0.6) is 0 Å². The predicted octanol–water partition coefficient (Wildman–Crippen LogP) is 6.19. The number of allylic oxidation sites excluding steroid dienone is 1. The highest BCUT2D eigenvalue weighted by Crippen LogP contribution is 2.31. The second kappa shape index (κ2) is 8.39. The number of rotatable bonds is 6. The summed E-state index contributed by atoms with van der Waals surface area (Å²) in [7, 11) is 0. The van der Waals surface area contributed by atoms with Crippen molar-refractivity contribution in [2.45, 2.75) is 13.3 Å². The Morgan fingerprint density at radius 2 is 1.80 bits per heavy atom. The molecule has 0 aliphatic heterocycles. The first-order valence-corrected chi connectivity index (χ1v) is 10.3. The first-order valence-electron chi connectivity index (χ1n) is 9.51. The zero-order chi connectivity index (χ0) is 21.1. The Bertz CT molecular complexity index is 1240. The van der Waals surface area contributed by atoms with Crippen molar-refractivity contribution >= 4 is 44.7 Å². The van der Waals surface area contributed by atoms with Gasteiger partial charge in [-0.25, -0.2) is 4.98 Å². The lowest BCUT2D eigenvalue weighted by molar-refractivity contribution is -0.385. The molecule has 0 saturated carbocycles. The van der Waals surface area contributed by atoms with E-state index in [9.17, 15) is 14.9 Å². The van der Waals surface area contributed by atoms with Crippen LogP contribution in [-0.4, -0.2) is 15.7 Å². The second-order valence-electron chi connectivity index (χ2n) is 6.74. The lowest BCUT2D eigenvalue weighted by atomic mass is 10.00. The van der Waals surface area contributed by atoms with Crippen LogP contribution in [0.3, 0.4) is 0 Å². The van der Waals surface area contributed by atoms with Gasteiger partial charge in [0.25, 0.3) is 5.69 Å². The van der Waals surface area contributed by atoms with Crippen molar-refractivity contribution in [2.24, 2.45) is 0 Å². The van der Waals surface area contributed by atoms with Crippen molar-refractivity contribution in [3.05, 3.63) is 105 Å². The highest BCUT2D eigenvalue weighted by atomic mass is 32.1. The van der Waals surface area contributed by atoms with Gasteiger partial charge < -0.3 is 0 Å². The van der Waals surface area contributed by atoms with Gasteiger partial charge in [0, 0.05) is 17.2 Å². The molecule has 0 aliphatic carbocycles. The first-order chi connectivity index (χ1) is 14.6. The average molecular weight is 414 g/mol. The van der Waals surface area contributed by atoms with Crippen LogP contribution in [0.4, 0.5) is 5.69 Å². The number of hydrogen-bond donors (Lipinski definition) is 0. The summed E-state index contributed by atoms with van der Waals surface area (Å²) in [5.41, 5.74) is 3.09. The maximum atomic E-state index is 13.3. The molecule has 4 rings (SSSR count). The molecule has 0 amide bonds. The summed E-state index contributed by atoms with van der Waals surface area (Å²) in [4.78, 5) is 29.1. The summed E-state index contributed by atoms with van der Waals surface area (Å²) in [6, 6.07) is 21.7. The van der Waals surface area contributed by atoms with Crippen LogP contribution < -0.4 is 0 Å². The van der Waals surface area contributed by atoms with Gasteiger partial charge in [-0.15, -0.1) is 11.3 Å². The molecule has 0 fully saturated rings. The monoisotopic (exact) mass is 414 g/mol. The summed E-state index contributed by atoms with van der Waals surface area (Å²) < 4.78 is 0.978. The Balaban J connectivity index is 1.88. The highest BCUT2D eigenvalue weighted by molar-refractivity contribution is 7.20. The minimum atomic E-state index is -0.382. The van der Waals surface area contributed by atoms with Crippen molar-refractivity contribution in [1.82, 2.24) is 4.98 Å². The number of hydrogen-bond acceptors (Lipinski definition) is 5. The fourth-order valence-electron chi connectivity index (χ4n) is 3.26. The lowest BCUT2D eigenvalue weighted by Crippen LogP contribution is -2.03. The van der Waals surface area contributed by atoms with Crippen LogP contribution in [0.2, 0.25) is 0 Å². The van der Waals surface area contributed by atoms with E-state index in [-0.39, 0.29) is 16.4 Å². The molecule has 0 unspecified atom stereocenters.